The van der Waals surface area contributed by atoms with Crippen LogP contribution in [0.4, 0.5) is 5.69 Å². The lowest BCUT2D eigenvalue weighted by Crippen LogP contribution is -2.12. The largest absolute Gasteiger partial charge is 0.493 e. The highest BCUT2D eigenvalue weighted by Gasteiger charge is 2.18. The first-order valence-electron chi connectivity index (χ1n) is 11.2. The summed E-state index contributed by atoms with van der Waals surface area (Å²) >= 11 is 1.32. The van der Waals surface area contributed by atoms with Gasteiger partial charge in [0.2, 0.25) is 11.7 Å². The number of thioether (sulfide) groups is 1. The number of hydrogen-bond acceptors (Lipinski definition) is 11. The van der Waals surface area contributed by atoms with Crippen LogP contribution >= 0.6 is 11.8 Å². The van der Waals surface area contributed by atoms with Crippen molar-refractivity contribution in [3.8, 4) is 22.9 Å². The van der Waals surface area contributed by atoms with Crippen LogP contribution in [0.1, 0.15) is 23.9 Å². The zero-order valence-corrected chi connectivity index (χ0v) is 22.9. The summed E-state index contributed by atoms with van der Waals surface area (Å²) in [4.78, 5) is 18.6. The molecule has 198 valence electrons. The van der Waals surface area contributed by atoms with E-state index >= 15 is 0 Å². The SMILES string of the molecule is COC(C)=O.COCCc1cc(C(=Nc2ccc(-c3noc(C)n3)cc2)C(=N)SC)cc(OC)c1OC. The molecule has 0 saturated heterocycles. The van der Waals surface area contributed by atoms with E-state index in [-0.39, 0.29) is 5.97 Å². The van der Waals surface area contributed by atoms with Gasteiger partial charge < -0.3 is 23.5 Å². The van der Waals surface area contributed by atoms with Crippen LogP contribution in [0.3, 0.4) is 0 Å². The molecule has 10 nitrogen and oxygen atoms in total. The van der Waals surface area contributed by atoms with Gasteiger partial charge in [-0.05, 0) is 49.1 Å². The minimum Gasteiger partial charge on any atom is -0.493 e. The number of benzene rings is 2. The molecular formula is C26H32N4O6S. The maximum absolute atomic E-state index is 9.59. The van der Waals surface area contributed by atoms with Crippen molar-refractivity contribution in [2.45, 2.75) is 20.3 Å². The Labute approximate surface area is 220 Å². The fourth-order valence-electron chi connectivity index (χ4n) is 3.15. The summed E-state index contributed by atoms with van der Waals surface area (Å²) in [6.45, 7) is 3.64. The quantitative estimate of drug-likeness (QED) is 0.234. The minimum absolute atomic E-state index is 0.245. The van der Waals surface area contributed by atoms with Gasteiger partial charge in [0.25, 0.3) is 0 Å². The molecule has 0 bridgehead atoms. The summed E-state index contributed by atoms with van der Waals surface area (Å²) in [6.07, 6.45) is 2.49. The van der Waals surface area contributed by atoms with E-state index in [1.54, 1.807) is 28.3 Å². The standard InChI is InChI=1S/C23H26N4O4S.C3H6O2/c1-14-25-23(27-31-14)15-6-8-18(9-7-15)26-20(22(24)32-5)17-12-16(10-11-28-2)21(30-4)19(13-17)29-3;1-3(4)5-2/h6-9,12-13,24H,10-11H2,1-5H3;1-2H3. The number of hydrogen-bond donors (Lipinski definition) is 1. The molecular weight excluding hydrogens is 496 g/mol. The van der Waals surface area contributed by atoms with E-state index < -0.39 is 0 Å². The molecule has 11 heteroatoms. The van der Waals surface area contributed by atoms with Crippen molar-refractivity contribution < 1.29 is 28.3 Å². The fourth-order valence-corrected chi connectivity index (χ4v) is 3.51. The lowest BCUT2D eigenvalue weighted by Gasteiger charge is -2.16. The monoisotopic (exact) mass is 528 g/mol. The molecule has 0 aliphatic heterocycles. The number of nitrogens with zero attached hydrogens (tertiary/aromatic N) is 3. The predicted molar refractivity (Wildman–Crippen MR) is 145 cm³/mol. The number of rotatable bonds is 9. The van der Waals surface area contributed by atoms with E-state index in [0.717, 1.165) is 16.7 Å². The van der Waals surface area contributed by atoms with Crippen molar-refractivity contribution in [1.29, 1.82) is 5.41 Å². The van der Waals surface area contributed by atoms with Gasteiger partial charge >= 0.3 is 5.97 Å². The molecule has 0 spiro atoms. The van der Waals surface area contributed by atoms with Gasteiger partial charge in [0, 0.05) is 37.6 Å². The maximum Gasteiger partial charge on any atom is 0.302 e. The van der Waals surface area contributed by atoms with E-state index in [1.807, 2.05) is 42.7 Å². The first-order valence-corrected chi connectivity index (χ1v) is 12.4. The van der Waals surface area contributed by atoms with Crippen molar-refractivity contribution >= 4 is 34.2 Å². The maximum atomic E-state index is 9.59. The lowest BCUT2D eigenvalue weighted by molar-refractivity contribution is -0.137. The number of aromatic nitrogens is 2. The Hall–Kier alpha value is -3.70. The number of carbonyl (C=O) groups is 1. The van der Waals surface area contributed by atoms with E-state index in [0.29, 0.717) is 52.7 Å². The number of carbonyl (C=O) groups excluding carboxylic acids is 1. The zero-order chi connectivity index (χ0) is 27.4. The summed E-state index contributed by atoms with van der Waals surface area (Å²) in [7, 11) is 6.21. The first-order chi connectivity index (χ1) is 17.8. The Morgan fingerprint density at radius 3 is 2.27 bits per heavy atom. The highest BCUT2D eigenvalue weighted by atomic mass is 32.2. The van der Waals surface area contributed by atoms with Crippen molar-refractivity contribution in [2.24, 2.45) is 4.99 Å². The average Bonchev–Trinajstić information content (AvgIpc) is 3.36. The second kappa shape index (κ2) is 14.8. The average molecular weight is 529 g/mol. The Balaban J connectivity index is 0.000000877. The zero-order valence-electron chi connectivity index (χ0n) is 22.1. The molecule has 1 N–H and O–H groups in total. The molecule has 1 heterocycles. The van der Waals surface area contributed by atoms with Crippen LogP contribution in [0.2, 0.25) is 0 Å². The molecule has 3 aromatic rings. The third-order valence-electron chi connectivity index (χ3n) is 5.01. The molecule has 0 radical (unpaired) electrons. The smallest absolute Gasteiger partial charge is 0.302 e. The molecule has 3 rings (SSSR count). The number of methoxy groups -OCH3 is 4. The van der Waals surface area contributed by atoms with Gasteiger partial charge in [0.15, 0.2) is 11.5 Å². The van der Waals surface area contributed by atoms with Gasteiger partial charge in [-0.1, -0.05) is 5.16 Å². The lowest BCUT2D eigenvalue weighted by atomic mass is 10.0. The van der Waals surface area contributed by atoms with Crippen LogP contribution in [-0.2, 0) is 20.7 Å². The van der Waals surface area contributed by atoms with Gasteiger partial charge in [-0.2, -0.15) is 4.98 Å². The third-order valence-corrected chi connectivity index (χ3v) is 5.61. The molecule has 37 heavy (non-hydrogen) atoms. The summed E-state index contributed by atoms with van der Waals surface area (Å²) in [5.74, 6) is 2.03. The molecule has 0 atom stereocenters. The number of aryl methyl sites for hydroxylation is 1. The summed E-state index contributed by atoms with van der Waals surface area (Å²) in [5.41, 5.74) is 3.77. The topological polar surface area (TPSA) is 129 Å². The van der Waals surface area contributed by atoms with Crippen LogP contribution in [0.25, 0.3) is 11.4 Å². The van der Waals surface area contributed by atoms with E-state index in [1.165, 1.54) is 25.8 Å². The number of ether oxygens (including phenoxy) is 4. The predicted octanol–water partition coefficient (Wildman–Crippen LogP) is 4.89. The highest BCUT2D eigenvalue weighted by Crippen LogP contribution is 2.34. The Kier molecular flexibility index (Phi) is 11.8. The number of aliphatic imine (C=N–C) groups is 1. The van der Waals surface area contributed by atoms with E-state index in [4.69, 9.17) is 29.1 Å². The van der Waals surface area contributed by atoms with Crippen molar-refractivity contribution in [3.05, 3.63) is 53.4 Å². The molecule has 1 aromatic heterocycles. The van der Waals surface area contributed by atoms with Crippen molar-refractivity contribution in [3.63, 3.8) is 0 Å². The van der Waals surface area contributed by atoms with Gasteiger partial charge in [-0.15, -0.1) is 11.8 Å². The van der Waals surface area contributed by atoms with Crippen LogP contribution in [-0.4, -0.2) is 68.2 Å². The van der Waals surface area contributed by atoms with Crippen LogP contribution in [0, 0.1) is 12.3 Å². The Morgan fingerprint density at radius 2 is 1.78 bits per heavy atom. The number of nitrogens with one attached hydrogen (secondary N) is 1. The van der Waals surface area contributed by atoms with E-state index in [9.17, 15) is 4.79 Å². The molecule has 2 aromatic carbocycles. The van der Waals surface area contributed by atoms with Crippen LogP contribution in [0.15, 0.2) is 45.9 Å². The summed E-state index contributed by atoms with van der Waals surface area (Å²) in [6, 6.07) is 11.3. The first kappa shape index (κ1) is 29.5. The molecule has 0 unspecified atom stereocenters. The molecule has 0 aliphatic carbocycles. The minimum atomic E-state index is -0.245. The second-order valence-electron chi connectivity index (χ2n) is 7.49. The Bertz CT molecular complexity index is 1220. The number of esters is 1. The normalized spacial score (nSPS) is 10.8. The summed E-state index contributed by atoms with van der Waals surface area (Å²) < 4.78 is 25.5. The molecule has 0 aliphatic rings. The van der Waals surface area contributed by atoms with Gasteiger partial charge in [-0.3, -0.25) is 10.2 Å². The van der Waals surface area contributed by atoms with E-state index in [2.05, 4.69) is 14.9 Å². The van der Waals surface area contributed by atoms with Gasteiger partial charge in [0.05, 0.1) is 33.6 Å². The second-order valence-corrected chi connectivity index (χ2v) is 8.30. The van der Waals surface area contributed by atoms with Crippen molar-refractivity contribution in [1.82, 2.24) is 10.1 Å². The summed E-state index contributed by atoms with van der Waals surface area (Å²) in [5, 5.41) is 12.8. The molecule has 0 fully saturated rings. The van der Waals surface area contributed by atoms with Crippen LogP contribution in [0.5, 0.6) is 11.5 Å². The van der Waals surface area contributed by atoms with Crippen LogP contribution < -0.4 is 9.47 Å². The fraction of sp³-hybridized carbons (Fsp3) is 0.346. The highest BCUT2D eigenvalue weighted by molar-refractivity contribution is 8.15. The van der Waals surface area contributed by atoms with Crippen molar-refractivity contribution in [2.75, 3.05) is 41.3 Å². The molecule has 0 saturated carbocycles. The van der Waals surface area contributed by atoms with Gasteiger partial charge in [0.1, 0.15) is 10.8 Å². The third kappa shape index (κ3) is 8.43. The van der Waals surface area contributed by atoms with Gasteiger partial charge in [-0.25, -0.2) is 4.99 Å². The molecule has 0 amide bonds. The Morgan fingerprint density at radius 1 is 1.11 bits per heavy atom.